The SMILES string of the molecule is CCOP(=O)(OCC)[C@@H](N)c1cc(I)c(O)c(I)c1. The van der Waals surface area contributed by atoms with E-state index in [4.69, 9.17) is 14.8 Å². The fourth-order valence-corrected chi connectivity index (χ4v) is 4.94. The van der Waals surface area contributed by atoms with E-state index in [0.29, 0.717) is 12.7 Å². The lowest BCUT2D eigenvalue weighted by Crippen LogP contribution is -2.15. The first-order valence-electron chi connectivity index (χ1n) is 5.68. The highest BCUT2D eigenvalue weighted by atomic mass is 127. The molecular formula is C11H16I2NO4P. The molecular weight excluding hydrogens is 495 g/mol. The molecule has 0 aliphatic rings. The van der Waals surface area contributed by atoms with E-state index in [1.54, 1.807) is 26.0 Å². The Bertz CT molecular complexity index is 465. The Kier molecular flexibility index (Phi) is 7.02. The third-order valence-corrected chi connectivity index (χ3v) is 6.20. The molecule has 0 aliphatic carbocycles. The van der Waals surface area contributed by atoms with E-state index in [-0.39, 0.29) is 19.0 Å². The highest BCUT2D eigenvalue weighted by Crippen LogP contribution is 2.58. The zero-order valence-electron chi connectivity index (χ0n) is 10.6. The smallest absolute Gasteiger partial charge is 0.351 e. The Labute approximate surface area is 140 Å². The fraction of sp³-hybridized carbons (Fsp3) is 0.455. The van der Waals surface area contributed by atoms with Gasteiger partial charge in [0.25, 0.3) is 0 Å². The minimum atomic E-state index is -3.40. The number of benzene rings is 1. The topological polar surface area (TPSA) is 81.8 Å². The first kappa shape index (κ1) is 17.6. The molecule has 19 heavy (non-hydrogen) atoms. The number of hydrogen-bond acceptors (Lipinski definition) is 5. The molecule has 0 aliphatic heterocycles. The number of nitrogens with two attached hydrogens (primary N) is 1. The molecule has 1 rings (SSSR count). The van der Waals surface area contributed by atoms with Crippen LogP contribution in [0.1, 0.15) is 25.2 Å². The summed E-state index contributed by atoms with van der Waals surface area (Å²) in [5.41, 5.74) is 6.65. The summed E-state index contributed by atoms with van der Waals surface area (Å²) in [6, 6.07) is 3.38. The Morgan fingerprint density at radius 2 is 1.68 bits per heavy atom. The van der Waals surface area contributed by atoms with Crippen LogP contribution in [0.15, 0.2) is 12.1 Å². The number of phenols is 1. The van der Waals surface area contributed by atoms with Gasteiger partial charge in [0.05, 0.1) is 20.4 Å². The van der Waals surface area contributed by atoms with Crippen LogP contribution in [0.25, 0.3) is 0 Å². The van der Waals surface area contributed by atoms with E-state index in [0.717, 1.165) is 0 Å². The first-order valence-corrected chi connectivity index (χ1v) is 9.45. The lowest BCUT2D eigenvalue weighted by molar-refractivity contribution is 0.212. The molecule has 0 saturated heterocycles. The van der Waals surface area contributed by atoms with E-state index in [9.17, 15) is 9.67 Å². The van der Waals surface area contributed by atoms with E-state index >= 15 is 0 Å². The monoisotopic (exact) mass is 511 g/mol. The van der Waals surface area contributed by atoms with Gasteiger partial charge in [0, 0.05) is 0 Å². The van der Waals surface area contributed by atoms with Gasteiger partial charge in [0.15, 0.2) is 0 Å². The Morgan fingerprint density at radius 1 is 1.26 bits per heavy atom. The summed E-state index contributed by atoms with van der Waals surface area (Å²) < 4.78 is 24.4. The van der Waals surface area contributed by atoms with Gasteiger partial charge in [-0.05, 0) is 76.7 Å². The quantitative estimate of drug-likeness (QED) is 0.449. The normalized spacial score (nSPS) is 13.5. The first-order chi connectivity index (χ1) is 8.85. The second kappa shape index (κ2) is 7.56. The third kappa shape index (κ3) is 4.28. The minimum absolute atomic E-state index is 0.194. The highest BCUT2D eigenvalue weighted by molar-refractivity contribution is 14.1. The van der Waals surface area contributed by atoms with Gasteiger partial charge >= 0.3 is 7.60 Å². The molecule has 0 radical (unpaired) electrons. The van der Waals surface area contributed by atoms with Crippen molar-refractivity contribution in [2.24, 2.45) is 5.73 Å². The molecule has 0 unspecified atom stereocenters. The molecule has 1 atom stereocenters. The highest BCUT2D eigenvalue weighted by Gasteiger charge is 2.34. The second-order valence-corrected chi connectivity index (χ2v) is 8.13. The molecule has 5 nitrogen and oxygen atoms in total. The molecule has 0 saturated carbocycles. The Morgan fingerprint density at radius 3 is 2.05 bits per heavy atom. The van der Waals surface area contributed by atoms with Crippen LogP contribution >= 0.6 is 52.8 Å². The second-order valence-electron chi connectivity index (χ2n) is 3.65. The maximum Gasteiger partial charge on any atom is 0.351 e. The van der Waals surface area contributed by atoms with Crippen LogP contribution < -0.4 is 5.73 Å². The molecule has 0 amide bonds. The lowest BCUT2D eigenvalue weighted by atomic mass is 10.2. The predicted octanol–water partition coefficient (Wildman–Crippen LogP) is 3.82. The summed E-state index contributed by atoms with van der Waals surface area (Å²) in [6.45, 7) is 4.00. The number of phenolic OH excluding ortho intramolecular Hbond substituents is 1. The van der Waals surface area contributed by atoms with Crippen molar-refractivity contribution in [1.29, 1.82) is 0 Å². The van der Waals surface area contributed by atoms with Crippen molar-refractivity contribution in [2.45, 2.75) is 19.6 Å². The predicted molar refractivity (Wildman–Crippen MR) is 91.3 cm³/mol. The summed E-state index contributed by atoms with van der Waals surface area (Å²) in [6.07, 6.45) is 0. The van der Waals surface area contributed by atoms with Gasteiger partial charge in [-0.2, -0.15) is 0 Å². The van der Waals surface area contributed by atoms with Crippen LogP contribution in [0.3, 0.4) is 0 Å². The van der Waals surface area contributed by atoms with Gasteiger partial charge in [-0.3, -0.25) is 4.57 Å². The van der Waals surface area contributed by atoms with Crippen molar-refractivity contribution in [2.75, 3.05) is 13.2 Å². The molecule has 1 aromatic rings. The van der Waals surface area contributed by atoms with Gasteiger partial charge in [-0.1, -0.05) is 0 Å². The molecule has 1 aromatic carbocycles. The van der Waals surface area contributed by atoms with E-state index in [1.165, 1.54) is 0 Å². The maximum absolute atomic E-state index is 12.6. The van der Waals surface area contributed by atoms with Gasteiger partial charge in [-0.25, -0.2) is 0 Å². The molecule has 0 spiro atoms. The standard InChI is InChI=1S/C11H16I2NO4P/c1-3-17-19(16,18-4-2)11(14)7-5-8(12)10(15)9(13)6-7/h5-6,11,15H,3-4,14H2,1-2H3/t11-/m1/s1. The molecule has 108 valence electrons. The molecule has 0 aromatic heterocycles. The largest absolute Gasteiger partial charge is 0.506 e. The number of rotatable bonds is 6. The van der Waals surface area contributed by atoms with Crippen molar-refractivity contribution in [3.05, 3.63) is 24.8 Å². The average molecular weight is 511 g/mol. The van der Waals surface area contributed by atoms with Crippen LogP contribution in [0, 0.1) is 7.14 Å². The van der Waals surface area contributed by atoms with Crippen LogP contribution in [0.5, 0.6) is 5.75 Å². The molecule has 8 heteroatoms. The summed E-state index contributed by atoms with van der Waals surface area (Å²) in [5, 5.41) is 9.73. The zero-order valence-corrected chi connectivity index (χ0v) is 15.8. The Balaban J connectivity index is 3.16. The van der Waals surface area contributed by atoms with Crippen molar-refractivity contribution in [3.63, 3.8) is 0 Å². The Hall–Kier alpha value is 0.590. The molecule has 0 heterocycles. The van der Waals surface area contributed by atoms with Crippen molar-refractivity contribution in [3.8, 4) is 5.75 Å². The van der Waals surface area contributed by atoms with Crippen molar-refractivity contribution >= 4 is 52.8 Å². The summed E-state index contributed by atoms with van der Waals surface area (Å²) in [5.74, 6) is -0.671. The number of hydrogen-bond donors (Lipinski definition) is 2. The van der Waals surface area contributed by atoms with Crippen LogP contribution in [0.2, 0.25) is 0 Å². The van der Waals surface area contributed by atoms with Gasteiger partial charge < -0.3 is 19.9 Å². The minimum Gasteiger partial charge on any atom is -0.506 e. The molecule has 0 bridgehead atoms. The number of halogens is 2. The van der Waals surface area contributed by atoms with E-state index in [1.807, 2.05) is 45.2 Å². The summed E-state index contributed by atoms with van der Waals surface area (Å²) in [4.78, 5) is 0. The lowest BCUT2D eigenvalue weighted by Gasteiger charge is -2.23. The van der Waals surface area contributed by atoms with E-state index < -0.39 is 13.4 Å². The van der Waals surface area contributed by atoms with Gasteiger partial charge in [-0.15, -0.1) is 0 Å². The molecule has 0 fully saturated rings. The summed E-state index contributed by atoms with van der Waals surface area (Å²) >= 11 is 4.00. The van der Waals surface area contributed by atoms with Crippen LogP contribution in [-0.2, 0) is 13.6 Å². The van der Waals surface area contributed by atoms with Crippen molar-refractivity contribution in [1.82, 2.24) is 0 Å². The van der Waals surface area contributed by atoms with Gasteiger partial charge in [0.1, 0.15) is 11.5 Å². The zero-order chi connectivity index (χ0) is 14.6. The van der Waals surface area contributed by atoms with Crippen LogP contribution in [0.4, 0.5) is 0 Å². The van der Waals surface area contributed by atoms with Gasteiger partial charge in [0.2, 0.25) is 0 Å². The third-order valence-electron chi connectivity index (χ3n) is 2.34. The number of aromatic hydroxyl groups is 1. The maximum atomic E-state index is 12.6. The average Bonchev–Trinajstić information content (AvgIpc) is 2.35. The van der Waals surface area contributed by atoms with Crippen LogP contribution in [-0.4, -0.2) is 18.3 Å². The van der Waals surface area contributed by atoms with Crippen molar-refractivity contribution < 1.29 is 18.7 Å². The summed E-state index contributed by atoms with van der Waals surface area (Å²) in [7, 11) is -3.40. The fourth-order valence-electron chi connectivity index (χ4n) is 1.50. The van der Waals surface area contributed by atoms with E-state index in [2.05, 4.69) is 0 Å². The molecule has 3 N–H and O–H groups in total.